The van der Waals surface area contributed by atoms with Crippen LogP contribution in [0, 0.1) is 11.5 Å². The smallest absolute Gasteiger partial charge is 0.387 e. The molecule has 2 amide bonds. The molecule has 0 radical (unpaired) electrons. The Hall–Kier alpha value is -3.54. The number of urea groups is 1. The Kier molecular flexibility index (Phi) is 6.77. The zero-order valence-corrected chi connectivity index (χ0v) is 14.6. The number of nitrogens with one attached hydrogen (secondary N) is 1. The van der Waals surface area contributed by atoms with Crippen molar-refractivity contribution in [2.45, 2.75) is 26.6 Å². The molecule has 0 fully saturated rings. The molecule has 2 aromatic carbocycles. The van der Waals surface area contributed by atoms with Gasteiger partial charge >= 0.3 is 12.6 Å². The Morgan fingerprint density at radius 1 is 1.11 bits per heavy atom. The highest BCUT2D eigenvalue weighted by Gasteiger charge is 2.17. The summed E-state index contributed by atoms with van der Waals surface area (Å²) in [7, 11) is 0. The number of carbonyl (C=O) groups is 1. The van der Waals surface area contributed by atoms with Crippen molar-refractivity contribution in [3.05, 3.63) is 48.5 Å². The van der Waals surface area contributed by atoms with Crippen LogP contribution in [0.15, 0.2) is 48.5 Å². The first kappa shape index (κ1) is 19.8. The van der Waals surface area contributed by atoms with Crippen molar-refractivity contribution in [2.75, 3.05) is 4.90 Å². The van der Waals surface area contributed by atoms with Gasteiger partial charge in [-0.1, -0.05) is 18.2 Å². The van der Waals surface area contributed by atoms with E-state index in [0.717, 1.165) is 4.90 Å². The van der Waals surface area contributed by atoms with E-state index in [0.29, 0.717) is 5.69 Å². The third-order valence-corrected chi connectivity index (χ3v) is 3.07. The molecule has 7 nitrogen and oxygen atoms in total. The van der Waals surface area contributed by atoms with Gasteiger partial charge in [0.1, 0.15) is 0 Å². The molecule has 2 aromatic rings. The van der Waals surface area contributed by atoms with E-state index in [-0.39, 0.29) is 23.4 Å². The van der Waals surface area contributed by atoms with Crippen molar-refractivity contribution in [2.24, 2.45) is 0 Å². The van der Waals surface area contributed by atoms with E-state index in [1.54, 1.807) is 50.4 Å². The first-order valence-electron chi connectivity index (χ1n) is 7.88. The molecule has 0 aliphatic rings. The van der Waals surface area contributed by atoms with Gasteiger partial charge in [0, 0.05) is 6.07 Å². The predicted molar refractivity (Wildman–Crippen MR) is 92.5 cm³/mol. The second-order valence-corrected chi connectivity index (χ2v) is 5.43. The minimum Gasteiger partial charge on any atom is -0.487 e. The molecule has 0 unspecified atom stereocenters. The number of para-hydroxylation sites is 1. The first-order chi connectivity index (χ1) is 12.9. The lowest BCUT2D eigenvalue weighted by Crippen LogP contribution is -2.38. The van der Waals surface area contributed by atoms with Crippen LogP contribution in [0.5, 0.6) is 17.2 Å². The summed E-state index contributed by atoms with van der Waals surface area (Å²) in [6.45, 7) is 0.416. The van der Waals surface area contributed by atoms with Crippen LogP contribution in [-0.4, -0.2) is 18.7 Å². The van der Waals surface area contributed by atoms with Gasteiger partial charge in [0.2, 0.25) is 0 Å². The number of benzene rings is 2. The van der Waals surface area contributed by atoms with Gasteiger partial charge in [-0.15, -0.1) is 0 Å². The summed E-state index contributed by atoms with van der Waals surface area (Å²) in [5, 5.41) is 9.16. The van der Waals surface area contributed by atoms with E-state index in [2.05, 4.69) is 10.2 Å². The maximum absolute atomic E-state index is 12.5. The Morgan fingerprint density at radius 2 is 1.81 bits per heavy atom. The number of hydrogen-bond donors (Lipinski definition) is 1. The number of hydrogen-bond acceptors (Lipinski definition) is 5. The number of halogens is 2. The molecular weight excluding hydrogens is 360 g/mol. The molecule has 2 rings (SSSR count). The molecule has 1 N–H and O–H groups in total. The molecule has 0 aliphatic carbocycles. The van der Waals surface area contributed by atoms with E-state index in [4.69, 9.17) is 14.8 Å². The molecule has 27 heavy (non-hydrogen) atoms. The van der Waals surface area contributed by atoms with Gasteiger partial charge in [-0.2, -0.15) is 24.4 Å². The lowest BCUT2D eigenvalue weighted by atomic mass is 10.3. The summed E-state index contributed by atoms with van der Waals surface area (Å²) in [6, 6.07) is 11.2. The first-order valence-corrected chi connectivity index (χ1v) is 7.88. The Balaban J connectivity index is 2.10. The van der Waals surface area contributed by atoms with Gasteiger partial charge in [-0.3, -0.25) is 0 Å². The number of alkyl halides is 2. The minimum atomic E-state index is -3.01. The maximum Gasteiger partial charge on any atom is 0.387 e. The van der Waals surface area contributed by atoms with Crippen LogP contribution in [0.25, 0.3) is 0 Å². The van der Waals surface area contributed by atoms with E-state index in [1.165, 1.54) is 18.2 Å². The third-order valence-electron chi connectivity index (χ3n) is 3.07. The maximum atomic E-state index is 12.5. The second-order valence-electron chi connectivity index (χ2n) is 5.43. The fourth-order valence-corrected chi connectivity index (χ4v) is 2.04. The number of anilines is 1. The van der Waals surface area contributed by atoms with Crippen LogP contribution < -0.4 is 24.7 Å². The summed E-state index contributed by atoms with van der Waals surface area (Å²) in [6.07, 6.45) is 1.43. The van der Waals surface area contributed by atoms with Gasteiger partial charge in [0.25, 0.3) is 0 Å². The van der Waals surface area contributed by atoms with Crippen molar-refractivity contribution in [3.8, 4) is 23.4 Å². The van der Waals surface area contributed by atoms with Gasteiger partial charge in [-0.25, -0.2) is 4.79 Å². The molecule has 9 heteroatoms. The van der Waals surface area contributed by atoms with Crippen LogP contribution >= 0.6 is 0 Å². The lowest BCUT2D eigenvalue weighted by molar-refractivity contribution is -0.0519. The van der Waals surface area contributed by atoms with Crippen LogP contribution in [0.2, 0.25) is 0 Å². The van der Waals surface area contributed by atoms with Crippen molar-refractivity contribution in [1.82, 2.24) is 5.48 Å². The molecule has 0 spiro atoms. The molecule has 0 aromatic heterocycles. The zero-order valence-electron chi connectivity index (χ0n) is 14.6. The average molecular weight is 377 g/mol. The molecule has 0 saturated carbocycles. The number of nitrogens with zero attached hydrogens (tertiary/aromatic N) is 2. The summed E-state index contributed by atoms with van der Waals surface area (Å²) in [5.74, 6) is -0.0378. The second kappa shape index (κ2) is 9.24. The largest absolute Gasteiger partial charge is 0.487 e. The highest BCUT2D eigenvalue weighted by Crippen LogP contribution is 2.33. The van der Waals surface area contributed by atoms with Crippen molar-refractivity contribution >= 4 is 11.7 Å². The highest BCUT2D eigenvalue weighted by molar-refractivity contribution is 5.94. The van der Waals surface area contributed by atoms with E-state index < -0.39 is 12.6 Å². The minimum absolute atomic E-state index is 0.0252. The number of amides is 2. The SMILES string of the molecule is CC(C)Oc1cc(ONC(=O)N(C#N)c2ccccc2)ccc1OC(F)F. The predicted octanol–water partition coefficient (Wildman–Crippen LogP) is 4.07. The molecule has 0 saturated heterocycles. The van der Waals surface area contributed by atoms with Crippen molar-refractivity contribution < 1.29 is 27.9 Å². The van der Waals surface area contributed by atoms with E-state index in [1.807, 2.05) is 0 Å². The normalized spacial score (nSPS) is 10.3. The van der Waals surface area contributed by atoms with Gasteiger partial charge < -0.3 is 14.3 Å². The van der Waals surface area contributed by atoms with Crippen LogP contribution in [0.1, 0.15) is 13.8 Å². The van der Waals surface area contributed by atoms with Crippen LogP contribution in [0.3, 0.4) is 0 Å². The fraction of sp³-hybridized carbons (Fsp3) is 0.222. The van der Waals surface area contributed by atoms with E-state index >= 15 is 0 Å². The van der Waals surface area contributed by atoms with Crippen LogP contribution in [0.4, 0.5) is 19.3 Å². The number of hydroxylamine groups is 1. The Morgan fingerprint density at radius 3 is 2.41 bits per heavy atom. The Labute approximate surface area is 154 Å². The van der Waals surface area contributed by atoms with Crippen LogP contribution in [-0.2, 0) is 0 Å². The van der Waals surface area contributed by atoms with Crippen molar-refractivity contribution in [3.63, 3.8) is 0 Å². The fourth-order valence-electron chi connectivity index (χ4n) is 2.04. The zero-order chi connectivity index (χ0) is 19.8. The van der Waals surface area contributed by atoms with E-state index in [9.17, 15) is 13.6 Å². The monoisotopic (exact) mass is 377 g/mol. The molecule has 0 bridgehead atoms. The van der Waals surface area contributed by atoms with Gasteiger partial charge in [-0.05, 0) is 38.1 Å². The molecule has 0 aliphatic heterocycles. The molecule has 0 heterocycles. The highest BCUT2D eigenvalue weighted by atomic mass is 19.3. The van der Waals surface area contributed by atoms with Gasteiger partial charge in [0.15, 0.2) is 23.4 Å². The standard InChI is InChI=1S/C18H17F2N3O4/c1-12(2)25-16-10-14(8-9-15(16)26-17(19)20)27-22-18(24)23(11-21)13-6-4-3-5-7-13/h3-10,12,17H,1-2H3,(H,22,24). The summed E-state index contributed by atoms with van der Waals surface area (Å²) in [5.41, 5.74) is 2.46. The number of ether oxygens (including phenoxy) is 2. The summed E-state index contributed by atoms with van der Waals surface area (Å²) < 4.78 is 34.8. The van der Waals surface area contributed by atoms with Crippen molar-refractivity contribution in [1.29, 1.82) is 5.26 Å². The Bertz CT molecular complexity index is 810. The molecular formula is C18H17F2N3O4. The molecule has 142 valence electrons. The number of nitriles is 1. The third kappa shape index (κ3) is 5.74. The summed E-state index contributed by atoms with van der Waals surface area (Å²) >= 11 is 0. The summed E-state index contributed by atoms with van der Waals surface area (Å²) in [4.78, 5) is 18.1. The number of rotatable bonds is 7. The molecule has 0 atom stereocenters. The quantitative estimate of drug-likeness (QED) is 0.447. The number of carbonyl (C=O) groups excluding carboxylic acids is 1. The van der Waals surface area contributed by atoms with Gasteiger partial charge in [0.05, 0.1) is 11.8 Å². The average Bonchev–Trinajstić information content (AvgIpc) is 2.62. The topological polar surface area (TPSA) is 83.8 Å². The lowest BCUT2D eigenvalue weighted by Gasteiger charge is -2.17.